The summed E-state index contributed by atoms with van der Waals surface area (Å²) in [6, 6.07) is 3.06. The van der Waals surface area contributed by atoms with Crippen molar-refractivity contribution in [2.75, 3.05) is 0 Å². The van der Waals surface area contributed by atoms with Crippen LogP contribution in [0.1, 0.15) is 44.7 Å². The van der Waals surface area contributed by atoms with Gasteiger partial charge in [-0.1, -0.05) is 24.6 Å². The lowest BCUT2D eigenvalue weighted by molar-refractivity contribution is -0.218. The van der Waals surface area contributed by atoms with Crippen LogP contribution in [-0.2, 0) is 36.5 Å². The second kappa shape index (κ2) is 7.91. The van der Waals surface area contributed by atoms with Gasteiger partial charge in [0.15, 0.2) is 17.9 Å². The smallest absolute Gasteiger partial charge is 0.367 e. The molecule has 2 fully saturated rings. The second-order valence-electron chi connectivity index (χ2n) is 7.32. The molecule has 0 bridgehead atoms. The molecule has 0 saturated carbocycles. The summed E-state index contributed by atoms with van der Waals surface area (Å²) in [5, 5.41) is -0.0642. The highest BCUT2D eigenvalue weighted by atomic mass is 35.5. The van der Waals surface area contributed by atoms with Crippen LogP contribution in [0.25, 0.3) is 0 Å². The second-order valence-corrected chi connectivity index (χ2v) is 7.73. The Labute approximate surface area is 166 Å². The van der Waals surface area contributed by atoms with E-state index in [1.165, 1.54) is 6.07 Å². The molecule has 2 aliphatic heterocycles. The molecule has 0 spiro atoms. The largest absolute Gasteiger partial charge is 0.416 e. The van der Waals surface area contributed by atoms with E-state index in [2.05, 4.69) is 0 Å². The third-order valence-electron chi connectivity index (χ3n) is 4.62. The quantitative estimate of drug-likeness (QED) is 0.676. The lowest BCUT2D eigenvalue weighted by Gasteiger charge is -2.25. The van der Waals surface area contributed by atoms with Crippen LogP contribution in [0.2, 0.25) is 5.02 Å². The Balaban J connectivity index is 1.75. The highest BCUT2D eigenvalue weighted by Crippen LogP contribution is 2.40. The number of carbonyl (C=O) groups excluding carboxylic acids is 1. The van der Waals surface area contributed by atoms with Gasteiger partial charge < -0.3 is 18.9 Å². The fraction of sp³-hybridized carbons (Fsp3) is 0.632. The van der Waals surface area contributed by atoms with Gasteiger partial charge in [-0.2, -0.15) is 13.2 Å². The van der Waals surface area contributed by atoms with Crippen LogP contribution in [-0.4, -0.2) is 36.2 Å². The molecular weight excluding hydrogens is 401 g/mol. The van der Waals surface area contributed by atoms with Crippen LogP contribution in [0.5, 0.6) is 0 Å². The number of hydrogen-bond donors (Lipinski definition) is 0. The number of alkyl halides is 3. The van der Waals surface area contributed by atoms with E-state index in [1.54, 1.807) is 13.8 Å². The standard InChI is InChI=1S/C19H22ClF3O5/c1-4-5-13(24)14-15(16-17(26-14)28-18(2,3)27-16)25-9-10-6-7-11(8-12(10)20)19(21,22)23/h6-8,14-17H,4-5,9H2,1-3H3/t14-,15+,16-,17-/m1/s1. The maximum Gasteiger partial charge on any atom is 0.416 e. The van der Waals surface area contributed by atoms with Gasteiger partial charge in [0.05, 0.1) is 12.2 Å². The van der Waals surface area contributed by atoms with Crippen molar-refractivity contribution in [3.8, 4) is 0 Å². The Kier molecular flexibility index (Phi) is 6.08. The highest BCUT2D eigenvalue weighted by Gasteiger charge is 2.57. The Hall–Kier alpha value is -1.19. The number of ketones is 1. The van der Waals surface area contributed by atoms with Crippen LogP contribution in [0.15, 0.2) is 18.2 Å². The van der Waals surface area contributed by atoms with Gasteiger partial charge in [0.1, 0.15) is 18.3 Å². The van der Waals surface area contributed by atoms with Gasteiger partial charge in [0, 0.05) is 11.4 Å². The van der Waals surface area contributed by atoms with Crippen LogP contribution < -0.4 is 0 Å². The topological polar surface area (TPSA) is 54.0 Å². The third-order valence-corrected chi connectivity index (χ3v) is 4.97. The van der Waals surface area contributed by atoms with E-state index in [0.29, 0.717) is 18.4 Å². The molecule has 0 amide bonds. The summed E-state index contributed by atoms with van der Waals surface area (Å²) in [5.74, 6) is -1.02. The van der Waals surface area contributed by atoms with Gasteiger partial charge in [-0.25, -0.2) is 0 Å². The van der Waals surface area contributed by atoms with Gasteiger partial charge in [-0.05, 0) is 38.0 Å². The average molecular weight is 423 g/mol. The van der Waals surface area contributed by atoms with E-state index in [4.69, 9.17) is 30.5 Å². The summed E-state index contributed by atoms with van der Waals surface area (Å²) in [6.07, 6.45) is -6.48. The minimum absolute atomic E-state index is 0.0642. The molecule has 2 heterocycles. The van der Waals surface area contributed by atoms with Crippen LogP contribution >= 0.6 is 11.6 Å². The first-order valence-electron chi connectivity index (χ1n) is 9.03. The molecule has 1 aromatic carbocycles. The normalized spacial score (nSPS) is 29.1. The molecule has 2 saturated heterocycles. The third kappa shape index (κ3) is 4.52. The molecule has 2 aliphatic rings. The number of benzene rings is 1. The molecule has 0 aromatic heterocycles. The predicted molar refractivity (Wildman–Crippen MR) is 93.6 cm³/mol. The van der Waals surface area contributed by atoms with E-state index in [1.807, 2.05) is 6.92 Å². The molecule has 28 heavy (non-hydrogen) atoms. The summed E-state index contributed by atoms with van der Waals surface area (Å²) in [6.45, 7) is 5.23. The number of fused-ring (bicyclic) bond motifs is 1. The van der Waals surface area contributed by atoms with E-state index < -0.39 is 42.1 Å². The summed E-state index contributed by atoms with van der Waals surface area (Å²) in [5.41, 5.74) is -0.464. The van der Waals surface area contributed by atoms with Gasteiger partial charge in [0.2, 0.25) is 0 Å². The van der Waals surface area contributed by atoms with E-state index in [9.17, 15) is 18.0 Å². The Bertz CT molecular complexity index is 737. The lowest BCUT2D eigenvalue weighted by atomic mass is 10.0. The number of rotatable bonds is 6. The Morgan fingerprint density at radius 2 is 2.00 bits per heavy atom. The number of carbonyl (C=O) groups is 1. The zero-order valence-electron chi connectivity index (χ0n) is 15.7. The molecule has 3 rings (SSSR count). The van der Waals surface area contributed by atoms with Crippen LogP contribution in [0, 0.1) is 0 Å². The zero-order chi connectivity index (χ0) is 20.7. The fourth-order valence-electron chi connectivity index (χ4n) is 3.34. The lowest BCUT2D eigenvalue weighted by Crippen LogP contribution is -2.40. The predicted octanol–water partition coefficient (Wildman–Crippen LogP) is 4.49. The average Bonchev–Trinajstić information content (AvgIpc) is 3.05. The van der Waals surface area contributed by atoms with Crippen molar-refractivity contribution in [3.05, 3.63) is 34.3 Å². The first kappa shape index (κ1) is 21.5. The van der Waals surface area contributed by atoms with Crippen molar-refractivity contribution in [3.63, 3.8) is 0 Å². The molecular formula is C19H22ClF3O5. The molecule has 9 heteroatoms. The fourth-order valence-corrected chi connectivity index (χ4v) is 3.57. The molecule has 156 valence electrons. The Morgan fingerprint density at radius 1 is 1.29 bits per heavy atom. The van der Waals surface area contributed by atoms with Gasteiger partial charge in [-0.15, -0.1) is 0 Å². The van der Waals surface area contributed by atoms with Gasteiger partial charge in [0.25, 0.3) is 0 Å². The minimum Gasteiger partial charge on any atom is -0.367 e. The maximum atomic E-state index is 12.8. The van der Waals surface area contributed by atoms with Gasteiger partial charge in [-0.3, -0.25) is 4.79 Å². The van der Waals surface area contributed by atoms with Crippen molar-refractivity contribution in [2.45, 2.75) is 76.8 Å². The molecule has 1 aromatic rings. The maximum absolute atomic E-state index is 12.8. The highest BCUT2D eigenvalue weighted by molar-refractivity contribution is 6.31. The van der Waals surface area contributed by atoms with Gasteiger partial charge >= 0.3 is 6.18 Å². The number of ether oxygens (including phenoxy) is 4. The Morgan fingerprint density at radius 3 is 2.61 bits per heavy atom. The van der Waals surface area contributed by atoms with E-state index >= 15 is 0 Å². The summed E-state index contributed by atoms with van der Waals surface area (Å²) >= 11 is 5.99. The molecule has 0 aliphatic carbocycles. The van der Waals surface area contributed by atoms with Crippen molar-refractivity contribution in [1.82, 2.24) is 0 Å². The number of halogens is 4. The molecule has 0 N–H and O–H groups in total. The monoisotopic (exact) mass is 422 g/mol. The SMILES string of the molecule is CCCC(=O)[C@H]1O[C@@H]2OC(C)(C)O[C@@H]2[C@H]1OCc1ccc(C(F)(F)F)cc1Cl. The number of hydrogen-bond acceptors (Lipinski definition) is 5. The first-order valence-corrected chi connectivity index (χ1v) is 9.40. The van der Waals surface area contributed by atoms with E-state index in [-0.39, 0.29) is 17.4 Å². The van der Waals surface area contributed by atoms with E-state index in [0.717, 1.165) is 12.1 Å². The summed E-state index contributed by atoms with van der Waals surface area (Å²) in [7, 11) is 0. The van der Waals surface area contributed by atoms with Crippen LogP contribution in [0.3, 0.4) is 0 Å². The van der Waals surface area contributed by atoms with Crippen molar-refractivity contribution in [1.29, 1.82) is 0 Å². The summed E-state index contributed by atoms with van der Waals surface area (Å²) in [4.78, 5) is 12.4. The molecule has 5 nitrogen and oxygen atoms in total. The molecule has 0 unspecified atom stereocenters. The molecule has 0 radical (unpaired) electrons. The van der Waals surface area contributed by atoms with Crippen molar-refractivity contribution >= 4 is 17.4 Å². The van der Waals surface area contributed by atoms with Crippen molar-refractivity contribution in [2.24, 2.45) is 0 Å². The van der Waals surface area contributed by atoms with Crippen molar-refractivity contribution < 1.29 is 36.9 Å². The minimum atomic E-state index is -4.48. The van der Waals surface area contributed by atoms with Crippen LogP contribution in [0.4, 0.5) is 13.2 Å². The first-order chi connectivity index (χ1) is 13.0. The molecule has 4 atom stereocenters. The number of Topliss-reactive ketones (excluding diaryl/α,β-unsaturated/α-hetero) is 1. The summed E-state index contributed by atoms with van der Waals surface area (Å²) < 4.78 is 61.4. The zero-order valence-corrected chi connectivity index (χ0v) is 16.5.